The molecule has 0 aliphatic heterocycles. The quantitative estimate of drug-likeness (QED) is 0.602. The number of anilines is 1. The molecule has 2 aromatic carbocycles. The lowest BCUT2D eigenvalue weighted by Crippen LogP contribution is -2.12. The van der Waals surface area contributed by atoms with Crippen LogP contribution >= 0.6 is 11.6 Å². The number of halogens is 1. The molecular formula is C21H21ClN2O3. The second kappa shape index (κ2) is 8.73. The average molecular weight is 385 g/mol. The summed E-state index contributed by atoms with van der Waals surface area (Å²) in [6.07, 6.45) is 2.36. The Bertz CT molecular complexity index is 919. The number of hydrogen-bond acceptors (Lipinski definition) is 4. The molecule has 1 N–H and O–H groups in total. The summed E-state index contributed by atoms with van der Waals surface area (Å²) >= 11 is 6.07. The van der Waals surface area contributed by atoms with Gasteiger partial charge in [0.1, 0.15) is 5.75 Å². The van der Waals surface area contributed by atoms with Gasteiger partial charge in [0.2, 0.25) is 5.91 Å². The van der Waals surface area contributed by atoms with Crippen LogP contribution in [0.15, 0.2) is 53.1 Å². The molecule has 0 saturated carbocycles. The van der Waals surface area contributed by atoms with Gasteiger partial charge in [-0.1, -0.05) is 17.7 Å². The van der Waals surface area contributed by atoms with Gasteiger partial charge in [0.05, 0.1) is 12.8 Å². The van der Waals surface area contributed by atoms with Crippen molar-refractivity contribution in [2.75, 3.05) is 11.9 Å². The number of oxazole rings is 1. The zero-order valence-corrected chi connectivity index (χ0v) is 16.0. The molecule has 0 unspecified atom stereocenters. The SMILES string of the molecule is CCOc1ccc(-c2cnc(CCC(=O)Nc3ccc(C)c(Cl)c3)o2)cc1. The van der Waals surface area contributed by atoms with E-state index < -0.39 is 0 Å². The van der Waals surface area contributed by atoms with Gasteiger partial charge in [-0.3, -0.25) is 4.79 Å². The van der Waals surface area contributed by atoms with Crippen molar-refractivity contribution in [3.8, 4) is 17.1 Å². The molecule has 0 saturated heterocycles. The topological polar surface area (TPSA) is 64.4 Å². The Morgan fingerprint density at radius 3 is 2.70 bits per heavy atom. The molecule has 0 aliphatic carbocycles. The van der Waals surface area contributed by atoms with E-state index in [-0.39, 0.29) is 12.3 Å². The van der Waals surface area contributed by atoms with Crippen molar-refractivity contribution in [2.45, 2.75) is 26.7 Å². The number of rotatable bonds is 7. The van der Waals surface area contributed by atoms with Crippen molar-refractivity contribution in [1.82, 2.24) is 4.98 Å². The third-order valence-electron chi connectivity index (χ3n) is 4.02. The maximum Gasteiger partial charge on any atom is 0.224 e. The van der Waals surface area contributed by atoms with Crippen molar-refractivity contribution >= 4 is 23.2 Å². The van der Waals surface area contributed by atoms with E-state index in [1.54, 1.807) is 12.3 Å². The van der Waals surface area contributed by atoms with Gasteiger partial charge in [0, 0.05) is 29.1 Å². The van der Waals surface area contributed by atoms with Gasteiger partial charge in [-0.25, -0.2) is 4.98 Å². The van der Waals surface area contributed by atoms with Crippen LogP contribution in [0.4, 0.5) is 5.69 Å². The van der Waals surface area contributed by atoms with Gasteiger partial charge in [-0.2, -0.15) is 0 Å². The molecular weight excluding hydrogens is 364 g/mol. The normalized spacial score (nSPS) is 10.6. The molecule has 3 aromatic rings. The van der Waals surface area contributed by atoms with Crippen molar-refractivity contribution < 1.29 is 13.9 Å². The van der Waals surface area contributed by atoms with Crippen LogP contribution in [0.3, 0.4) is 0 Å². The number of carbonyl (C=O) groups is 1. The van der Waals surface area contributed by atoms with Gasteiger partial charge in [-0.05, 0) is 55.8 Å². The molecule has 0 spiro atoms. The second-order valence-electron chi connectivity index (χ2n) is 6.09. The van der Waals surface area contributed by atoms with Crippen molar-refractivity contribution in [3.63, 3.8) is 0 Å². The first-order valence-corrected chi connectivity index (χ1v) is 9.17. The molecule has 0 radical (unpaired) electrons. The Morgan fingerprint density at radius 1 is 1.22 bits per heavy atom. The number of ether oxygens (including phenoxy) is 1. The lowest BCUT2D eigenvalue weighted by Gasteiger charge is -2.06. The number of carbonyl (C=O) groups excluding carboxylic acids is 1. The summed E-state index contributed by atoms with van der Waals surface area (Å²) in [7, 11) is 0. The summed E-state index contributed by atoms with van der Waals surface area (Å²) in [6.45, 7) is 4.49. The Morgan fingerprint density at radius 2 is 2.00 bits per heavy atom. The fraction of sp³-hybridized carbons (Fsp3) is 0.238. The largest absolute Gasteiger partial charge is 0.494 e. The molecule has 1 heterocycles. The minimum absolute atomic E-state index is 0.115. The van der Waals surface area contributed by atoms with E-state index in [4.69, 9.17) is 20.8 Å². The van der Waals surface area contributed by atoms with Crippen LogP contribution in [0.1, 0.15) is 24.8 Å². The van der Waals surface area contributed by atoms with Crippen LogP contribution in [0.5, 0.6) is 5.75 Å². The van der Waals surface area contributed by atoms with Crippen LogP contribution in [0.2, 0.25) is 5.02 Å². The summed E-state index contributed by atoms with van der Waals surface area (Å²) in [5.74, 6) is 1.89. The standard InChI is InChI=1S/C21H21ClN2O3/c1-3-26-17-8-5-15(6-9-17)19-13-23-21(27-19)11-10-20(25)24-16-7-4-14(2)18(22)12-16/h4-9,12-13H,3,10-11H2,1-2H3,(H,24,25). The maximum atomic E-state index is 12.1. The predicted molar refractivity (Wildman–Crippen MR) is 106 cm³/mol. The van der Waals surface area contributed by atoms with Crippen molar-refractivity contribution in [3.05, 3.63) is 65.1 Å². The third kappa shape index (κ3) is 5.11. The van der Waals surface area contributed by atoms with Crippen LogP contribution in [-0.2, 0) is 11.2 Å². The van der Waals surface area contributed by atoms with Gasteiger partial charge >= 0.3 is 0 Å². The Labute approximate surface area is 163 Å². The predicted octanol–water partition coefficient (Wildman–Crippen LogP) is 5.27. The number of aryl methyl sites for hydroxylation is 2. The summed E-state index contributed by atoms with van der Waals surface area (Å²) < 4.78 is 11.2. The lowest BCUT2D eigenvalue weighted by atomic mass is 10.2. The van der Waals surface area contributed by atoms with Crippen molar-refractivity contribution in [1.29, 1.82) is 0 Å². The smallest absolute Gasteiger partial charge is 0.224 e. The first-order chi connectivity index (χ1) is 13.0. The zero-order valence-electron chi connectivity index (χ0n) is 15.3. The Hall–Kier alpha value is -2.79. The monoisotopic (exact) mass is 384 g/mol. The van der Waals surface area contributed by atoms with E-state index in [0.717, 1.165) is 16.9 Å². The summed E-state index contributed by atoms with van der Waals surface area (Å²) in [4.78, 5) is 16.4. The minimum atomic E-state index is -0.115. The van der Waals surface area contributed by atoms with Gasteiger partial charge in [0.15, 0.2) is 11.7 Å². The van der Waals surface area contributed by atoms with Crippen LogP contribution < -0.4 is 10.1 Å². The fourth-order valence-electron chi connectivity index (χ4n) is 2.56. The van der Waals surface area contributed by atoms with E-state index in [2.05, 4.69) is 10.3 Å². The van der Waals surface area contributed by atoms with E-state index in [1.165, 1.54) is 0 Å². The zero-order chi connectivity index (χ0) is 19.2. The Kier molecular flexibility index (Phi) is 6.14. The second-order valence-corrected chi connectivity index (χ2v) is 6.49. The van der Waals surface area contributed by atoms with E-state index in [0.29, 0.717) is 35.4 Å². The minimum Gasteiger partial charge on any atom is -0.494 e. The first kappa shape index (κ1) is 19.0. The summed E-state index contributed by atoms with van der Waals surface area (Å²) in [6, 6.07) is 13.1. The molecule has 1 amide bonds. The molecule has 0 bridgehead atoms. The highest BCUT2D eigenvalue weighted by Gasteiger charge is 2.10. The summed E-state index contributed by atoms with van der Waals surface area (Å²) in [5.41, 5.74) is 2.56. The lowest BCUT2D eigenvalue weighted by molar-refractivity contribution is -0.116. The number of nitrogens with zero attached hydrogens (tertiary/aromatic N) is 1. The van der Waals surface area contributed by atoms with E-state index in [9.17, 15) is 4.79 Å². The van der Waals surface area contributed by atoms with Gasteiger partial charge in [-0.15, -0.1) is 0 Å². The highest BCUT2D eigenvalue weighted by molar-refractivity contribution is 6.31. The van der Waals surface area contributed by atoms with E-state index in [1.807, 2.05) is 50.2 Å². The number of benzene rings is 2. The average Bonchev–Trinajstić information content (AvgIpc) is 3.13. The van der Waals surface area contributed by atoms with Crippen LogP contribution in [-0.4, -0.2) is 17.5 Å². The van der Waals surface area contributed by atoms with Crippen LogP contribution in [0.25, 0.3) is 11.3 Å². The highest BCUT2D eigenvalue weighted by Crippen LogP contribution is 2.24. The molecule has 6 heteroatoms. The van der Waals surface area contributed by atoms with E-state index >= 15 is 0 Å². The van der Waals surface area contributed by atoms with Gasteiger partial charge < -0.3 is 14.5 Å². The number of hydrogen-bond donors (Lipinski definition) is 1. The number of aromatic nitrogens is 1. The molecule has 0 aliphatic rings. The molecule has 1 aromatic heterocycles. The number of amides is 1. The maximum absolute atomic E-state index is 12.1. The van der Waals surface area contributed by atoms with Crippen molar-refractivity contribution in [2.24, 2.45) is 0 Å². The van der Waals surface area contributed by atoms with Gasteiger partial charge in [0.25, 0.3) is 0 Å². The molecule has 0 atom stereocenters. The molecule has 0 fully saturated rings. The molecule has 3 rings (SSSR count). The molecule has 5 nitrogen and oxygen atoms in total. The fourth-order valence-corrected chi connectivity index (χ4v) is 2.74. The number of nitrogens with one attached hydrogen (secondary N) is 1. The summed E-state index contributed by atoms with van der Waals surface area (Å²) in [5, 5.41) is 3.46. The van der Waals surface area contributed by atoms with Crippen LogP contribution in [0, 0.1) is 6.92 Å². The molecule has 27 heavy (non-hydrogen) atoms. The highest BCUT2D eigenvalue weighted by atomic mass is 35.5. The molecule has 140 valence electrons. The third-order valence-corrected chi connectivity index (χ3v) is 4.43. The first-order valence-electron chi connectivity index (χ1n) is 8.79. The Balaban J connectivity index is 1.55.